The number of anilines is 1. The molecule has 0 radical (unpaired) electrons. The lowest BCUT2D eigenvalue weighted by molar-refractivity contribution is -0.145. The number of aliphatic carboxylic acids is 1. The number of sulfonamides is 1. The maximum Gasteiger partial charge on any atom is 0.307 e. The second-order valence-electron chi connectivity index (χ2n) is 4.52. The van der Waals surface area contributed by atoms with Crippen molar-refractivity contribution in [2.75, 3.05) is 5.32 Å². The molecule has 0 fully saturated rings. The molecule has 116 valence electrons. The zero-order valence-electron chi connectivity index (χ0n) is 11.4. The van der Waals surface area contributed by atoms with Crippen LogP contribution in [0.5, 0.6) is 0 Å². The average molecular weight is 316 g/mol. The van der Waals surface area contributed by atoms with Gasteiger partial charge in [0, 0.05) is 11.6 Å². The number of carbonyl (C=O) groups excluding carboxylic acids is 1. The minimum absolute atomic E-state index is 0.171. The lowest BCUT2D eigenvalue weighted by atomic mass is 9.95. The summed E-state index contributed by atoms with van der Waals surface area (Å²) in [6, 6.07) is 5.06. The molecule has 0 heterocycles. The van der Waals surface area contributed by atoms with E-state index in [4.69, 9.17) is 10.3 Å². The van der Waals surface area contributed by atoms with Crippen LogP contribution in [0.3, 0.4) is 0 Å². The fourth-order valence-corrected chi connectivity index (χ4v) is 2.07. The summed E-state index contributed by atoms with van der Waals surface area (Å²) in [6.45, 7) is 2.91. The summed E-state index contributed by atoms with van der Waals surface area (Å²) >= 11 is 0. The van der Waals surface area contributed by atoms with Crippen molar-refractivity contribution in [2.24, 2.45) is 11.8 Å². The molecule has 0 aliphatic rings. The van der Waals surface area contributed by atoms with Gasteiger partial charge in [-0.3, -0.25) is 9.59 Å². The Bertz CT molecular complexity index is 626. The number of carboxylic acid groups (broad SMARTS) is 1. The summed E-state index contributed by atoms with van der Waals surface area (Å²) in [4.78, 5) is 23.7. The predicted molar refractivity (Wildman–Crippen MR) is 73.1 cm³/mol. The maximum atomic E-state index is 11.9. The molecule has 0 aliphatic heterocycles. The van der Waals surface area contributed by atoms with Gasteiger partial charge in [-0.15, -0.1) is 0 Å². The summed E-state index contributed by atoms with van der Waals surface area (Å²) in [5.74, 6) is -3.15. The minimum atomic E-state index is -3.97. The Hall–Kier alpha value is -1.97. The highest BCUT2D eigenvalue weighted by Crippen LogP contribution is 2.17. The lowest BCUT2D eigenvalue weighted by Gasteiger charge is -2.15. The van der Waals surface area contributed by atoms with Crippen molar-refractivity contribution in [2.45, 2.75) is 18.7 Å². The average Bonchev–Trinajstić information content (AvgIpc) is 2.46. The van der Waals surface area contributed by atoms with E-state index >= 15 is 0 Å². The molecule has 1 rings (SSSR count). The fraction of sp³-hybridized carbons (Fsp3) is 0.333. The van der Waals surface area contributed by atoms with E-state index in [1.165, 1.54) is 43.0 Å². The second-order valence-corrected chi connectivity index (χ2v) is 6.18. The van der Waals surface area contributed by atoms with Gasteiger partial charge in [-0.05, 0) is 24.3 Å². The third-order valence-electron chi connectivity index (χ3n) is 3.11. The molecule has 0 aromatic heterocycles. The monoisotopic (exact) mass is 316 g/mol. The normalized spacial score (nSPS) is 14.2. The van der Waals surface area contributed by atoms with E-state index in [1.54, 1.807) is 0 Å². The number of hydrogen-bond acceptors (Lipinski definition) is 5. The lowest BCUT2D eigenvalue weighted by Crippen LogP contribution is -2.30. The molecule has 1 amide bonds. The number of carbonyl (C=O) groups is 2. The molecule has 21 heavy (non-hydrogen) atoms. The molecule has 8 nitrogen and oxygen atoms in total. The van der Waals surface area contributed by atoms with E-state index in [9.17, 15) is 18.0 Å². The van der Waals surface area contributed by atoms with Gasteiger partial charge in [0.25, 0.3) is 10.0 Å². The Morgan fingerprint density at radius 2 is 1.62 bits per heavy atom. The molecule has 9 heteroatoms. The van der Waals surface area contributed by atoms with Gasteiger partial charge in [0.2, 0.25) is 5.91 Å². The highest BCUT2D eigenvalue weighted by Gasteiger charge is 2.25. The molecule has 0 aliphatic carbocycles. The summed E-state index contributed by atoms with van der Waals surface area (Å²) in [7, 11) is -3.97. The van der Waals surface area contributed by atoms with Gasteiger partial charge < -0.3 is 15.6 Å². The van der Waals surface area contributed by atoms with Gasteiger partial charge in [0.1, 0.15) is 0 Å². The van der Waals surface area contributed by atoms with Gasteiger partial charge in [0.15, 0.2) is 0 Å². The van der Waals surface area contributed by atoms with Crippen LogP contribution in [0.1, 0.15) is 13.8 Å². The maximum absolute atomic E-state index is 11.9. The Balaban J connectivity index is 2.81. The number of nitrogens with one attached hydrogen (secondary N) is 2. The fourth-order valence-electron chi connectivity index (χ4n) is 1.47. The number of hydrogen-bond donors (Lipinski definition) is 4. The number of carboxylic acids is 1. The van der Waals surface area contributed by atoms with Crippen LogP contribution < -0.4 is 10.2 Å². The van der Waals surface area contributed by atoms with Crippen LogP contribution in [-0.4, -0.2) is 30.6 Å². The van der Waals surface area contributed by atoms with Crippen LogP contribution in [0.25, 0.3) is 0 Å². The van der Waals surface area contributed by atoms with Gasteiger partial charge in [-0.2, -0.15) is 0 Å². The van der Waals surface area contributed by atoms with Gasteiger partial charge in [-0.25, -0.2) is 8.42 Å². The molecule has 0 spiro atoms. The van der Waals surface area contributed by atoms with Crippen molar-refractivity contribution in [3.05, 3.63) is 24.3 Å². The van der Waals surface area contributed by atoms with Crippen LogP contribution >= 0.6 is 0 Å². The smallest absolute Gasteiger partial charge is 0.307 e. The van der Waals surface area contributed by atoms with Crippen LogP contribution in [0, 0.1) is 11.8 Å². The van der Waals surface area contributed by atoms with Crippen molar-refractivity contribution in [3.8, 4) is 0 Å². The van der Waals surface area contributed by atoms with Crippen molar-refractivity contribution in [1.29, 1.82) is 0 Å². The Morgan fingerprint density at radius 1 is 1.10 bits per heavy atom. The molecule has 4 N–H and O–H groups in total. The Morgan fingerprint density at radius 3 is 2.05 bits per heavy atom. The standard InChI is InChI=1S/C12H16N2O6S/c1-7(8(2)12(16)17)11(15)13-9-3-5-10(6-4-9)21(19,20)14-18/h3-8,14,18H,1-2H3,(H,13,15)(H,16,17). The van der Waals surface area contributed by atoms with Gasteiger partial charge in [0.05, 0.1) is 10.8 Å². The first-order chi connectivity index (χ1) is 9.69. The highest BCUT2D eigenvalue weighted by molar-refractivity contribution is 7.89. The highest BCUT2D eigenvalue weighted by atomic mass is 32.2. The topological polar surface area (TPSA) is 133 Å². The molecule has 0 saturated heterocycles. The van der Waals surface area contributed by atoms with E-state index in [1.807, 2.05) is 0 Å². The van der Waals surface area contributed by atoms with Crippen LogP contribution in [0.4, 0.5) is 5.69 Å². The molecule has 1 aromatic rings. The molecule has 2 atom stereocenters. The van der Waals surface area contributed by atoms with E-state index in [0.717, 1.165) is 0 Å². The third-order valence-corrected chi connectivity index (χ3v) is 4.24. The summed E-state index contributed by atoms with van der Waals surface area (Å²) < 4.78 is 22.6. The van der Waals surface area contributed by atoms with E-state index < -0.39 is 33.7 Å². The second kappa shape index (κ2) is 6.66. The summed E-state index contributed by atoms with van der Waals surface area (Å²) in [5, 5.41) is 19.8. The molecule has 2 unspecified atom stereocenters. The molecule has 0 bridgehead atoms. The zero-order chi connectivity index (χ0) is 16.2. The predicted octanol–water partition coefficient (Wildman–Crippen LogP) is 0.649. The Kier molecular flexibility index (Phi) is 5.41. The van der Waals surface area contributed by atoms with E-state index in [2.05, 4.69) is 5.32 Å². The van der Waals surface area contributed by atoms with Crippen molar-refractivity contribution >= 4 is 27.6 Å². The number of rotatable bonds is 6. The SMILES string of the molecule is CC(C(=O)O)C(C)C(=O)Nc1ccc(S(=O)(=O)NO)cc1. The van der Waals surface area contributed by atoms with Crippen molar-refractivity contribution < 1.29 is 28.3 Å². The first kappa shape index (κ1) is 17.1. The summed E-state index contributed by atoms with van der Waals surface area (Å²) in [6.07, 6.45) is 0. The first-order valence-corrected chi connectivity index (χ1v) is 7.47. The van der Waals surface area contributed by atoms with E-state index in [0.29, 0.717) is 5.69 Å². The van der Waals surface area contributed by atoms with Crippen molar-refractivity contribution in [1.82, 2.24) is 4.89 Å². The molecular weight excluding hydrogens is 300 g/mol. The largest absolute Gasteiger partial charge is 0.481 e. The number of benzene rings is 1. The van der Waals surface area contributed by atoms with Crippen molar-refractivity contribution in [3.63, 3.8) is 0 Å². The zero-order valence-corrected chi connectivity index (χ0v) is 12.2. The van der Waals surface area contributed by atoms with Crippen LogP contribution in [0.15, 0.2) is 29.2 Å². The van der Waals surface area contributed by atoms with E-state index in [-0.39, 0.29) is 4.90 Å². The van der Waals surface area contributed by atoms with Crippen LogP contribution in [0.2, 0.25) is 0 Å². The van der Waals surface area contributed by atoms with Crippen LogP contribution in [-0.2, 0) is 19.6 Å². The quantitative estimate of drug-likeness (QED) is 0.569. The third kappa shape index (κ3) is 4.25. The Labute approximate surface area is 121 Å². The van der Waals surface area contributed by atoms with Gasteiger partial charge >= 0.3 is 5.97 Å². The van der Waals surface area contributed by atoms with Gasteiger partial charge in [-0.1, -0.05) is 18.7 Å². The molecular formula is C12H16N2O6S. The molecule has 0 saturated carbocycles. The minimum Gasteiger partial charge on any atom is -0.481 e. The molecule has 1 aromatic carbocycles. The number of amides is 1. The first-order valence-electron chi connectivity index (χ1n) is 5.98. The summed E-state index contributed by atoms with van der Waals surface area (Å²) in [5.41, 5.74) is 0.321.